The summed E-state index contributed by atoms with van der Waals surface area (Å²) in [5, 5.41) is 20.1. The fraction of sp³-hybridized carbons (Fsp3) is 0.625. The minimum atomic E-state index is -0.568. The van der Waals surface area contributed by atoms with Gasteiger partial charge in [-0.3, -0.25) is 4.90 Å². The minimum Gasteiger partial charge on any atom is -0.489 e. The van der Waals surface area contributed by atoms with Gasteiger partial charge in [-0.15, -0.1) is 0 Å². The lowest BCUT2D eigenvalue weighted by atomic mass is 10.1. The highest BCUT2D eigenvalue weighted by molar-refractivity contribution is 6.35. The molecule has 1 saturated heterocycles. The van der Waals surface area contributed by atoms with Crippen LogP contribution in [0.5, 0.6) is 5.75 Å². The van der Waals surface area contributed by atoms with E-state index in [2.05, 4.69) is 4.90 Å². The maximum Gasteiger partial charge on any atom is 0.138 e. The van der Waals surface area contributed by atoms with E-state index >= 15 is 0 Å². The molecule has 2 N–H and O–H groups in total. The molecule has 124 valence electrons. The third-order valence-corrected chi connectivity index (χ3v) is 4.50. The largest absolute Gasteiger partial charge is 0.489 e. The van der Waals surface area contributed by atoms with E-state index in [-0.39, 0.29) is 13.2 Å². The van der Waals surface area contributed by atoms with Crippen molar-refractivity contribution in [3.63, 3.8) is 0 Å². The topological polar surface area (TPSA) is 52.9 Å². The van der Waals surface area contributed by atoms with E-state index in [0.717, 1.165) is 32.2 Å². The third-order valence-electron chi connectivity index (χ3n) is 3.96. The first-order valence-corrected chi connectivity index (χ1v) is 8.46. The number of nitrogens with zero attached hydrogens (tertiary/aromatic N) is 1. The van der Waals surface area contributed by atoms with Crippen molar-refractivity contribution in [2.45, 2.75) is 37.8 Å². The molecule has 0 spiro atoms. The highest BCUT2D eigenvalue weighted by atomic mass is 35.5. The normalized spacial score (nSPS) is 20.3. The molecular formula is C16H23Cl2NO3. The molecule has 22 heavy (non-hydrogen) atoms. The Balaban J connectivity index is 1.78. The second-order valence-electron chi connectivity index (χ2n) is 5.70. The number of β-amino-alcohol motifs (C(OH)–C–C–N with tert-alkyl or cyclic N) is 1. The van der Waals surface area contributed by atoms with E-state index in [9.17, 15) is 5.11 Å². The summed E-state index contributed by atoms with van der Waals surface area (Å²) in [4.78, 5) is 2.28. The number of likely N-dealkylation sites (tertiary alicyclic amines) is 1. The Hall–Kier alpha value is -0.520. The zero-order chi connectivity index (χ0) is 15.9. The van der Waals surface area contributed by atoms with Crippen molar-refractivity contribution in [3.8, 4) is 5.75 Å². The molecule has 0 amide bonds. The van der Waals surface area contributed by atoms with Crippen molar-refractivity contribution in [1.82, 2.24) is 4.90 Å². The van der Waals surface area contributed by atoms with Crippen LogP contribution in [0.3, 0.4) is 0 Å². The maximum atomic E-state index is 10.2. The Morgan fingerprint density at radius 2 is 2.18 bits per heavy atom. The van der Waals surface area contributed by atoms with E-state index in [0.29, 0.717) is 28.4 Å². The summed E-state index contributed by atoms with van der Waals surface area (Å²) in [5.41, 5.74) is 0. The van der Waals surface area contributed by atoms with Crippen LogP contribution < -0.4 is 4.74 Å². The first-order valence-electron chi connectivity index (χ1n) is 7.71. The van der Waals surface area contributed by atoms with Gasteiger partial charge in [-0.2, -0.15) is 0 Å². The lowest BCUT2D eigenvalue weighted by molar-refractivity contribution is 0.0617. The Morgan fingerprint density at radius 3 is 2.91 bits per heavy atom. The second-order valence-corrected chi connectivity index (χ2v) is 6.54. The quantitative estimate of drug-likeness (QED) is 0.758. The smallest absolute Gasteiger partial charge is 0.138 e. The summed E-state index contributed by atoms with van der Waals surface area (Å²) >= 11 is 11.9. The van der Waals surface area contributed by atoms with Gasteiger partial charge < -0.3 is 14.9 Å². The monoisotopic (exact) mass is 347 g/mol. The van der Waals surface area contributed by atoms with Crippen molar-refractivity contribution >= 4 is 23.2 Å². The van der Waals surface area contributed by atoms with E-state index < -0.39 is 6.10 Å². The average molecular weight is 348 g/mol. The Bertz CT molecular complexity index is 473. The molecule has 0 aromatic heterocycles. The molecule has 1 heterocycles. The number of benzene rings is 1. The molecule has 1 aliphatic rings. The van der Waals surface area contributed by atoms with Gasteiger partial charge in [0.15, 0.2) is 0 Å². The number of ether oxygens (including phenoxy) is 1. The second kappa shape index (κ2) is 8.94. The third kappa shape index (κ3) is 5.28. The zero-order valence-electron chi connectivity index (χ0n) is 12.5. The van der Waals surface area contributed by atoms with Gasteiger partial charge >= 0.3 is 0 Å². The fourth-order valence-corrected chi connectivity index (χ4v) is 3.35. The molecule has 2 unspecified atom stereocenters. The fourth-order valence-electron chi connectivity index (χ4n) is 2.89. The summed E-state index contributed by atoms with van der Waals surface area (Å²) in [7, 11) is 0. The minimum absolute atomic E-state index is 0.199. The van der Waals surface area contributed by atoms with Gasteiger partial charge in [-0.05, 0) is 50.4 Å². The molecule has 2 rings (SSSR count). The van der Waals surface area contributed by atoms with Crippen LogP contribution in [0.4, 0.5) is 0 Å². The van der Waals surface area contributed by atoms with Gasteiger partial charge in [0.25, 0.3) is 0 Å². The first kappa shape index (κ1) is 17.8. The van der Waals surface area contributed by atoms with E-state index in [4.69, 9.17) is 33.0 Å². The highest BCUT2D eigenvalue weighted by Crippen LogP contribution is 2.27. The summed E-state index contributed by atoms with van der Waals surface area (Å²) < 4.78 is 5.57. The Labute approximate surface area is 141 Å². The van der Waals surface area contributed by atoms with Crippen LogP contribution in [0.15, 0.2) is 18.2 Å². The molecule has 0 aliphatic carbocycles. The van der Waals surface area contributed by atoms with Crippen molar-refractivity contribution in [3.05, 3.63) is 28.2 Å². The molecule has 6 heteroatoms. The zero-order valence-corrected chi connectivity index (χ0v) is 14.1. The van der Waals surface area contributed by atoms with Crippen LogP contribution in [-0.4, -0.2) is 53.6 Å². The number of hydrogen-bond acceptors (Lipinski definition) is 4. The molecule has 0 radical (unpaired) electrons. The maximum absolute atomic E-state index is 10.2. The standard InChI is InChI=1S/C16H23Cl2NO3/c17-12-5-6-16(15(18)9-12)22-11-14(21)10-19-7-1-3-13(19)4-2-8-20/h5-6,9,13-14,20-21H,1-4,7-8,10-11H2. The van der Waals surface area contributed by atoms with Crippen LogP contribution in [0.25, 0.3) is 0 Å². The number of rotatable bonds is 8. The van der Waals surface area contributed by atoms with Gasteiger partial charge in [0.2, 0.25) is 0 Å². The molecule has 4 nitrogen and oxygen atoms in total. The molecule has 2 atom stereocenters. The Kier molecular flexibility index (Phi) is 7.25. The van der Waals surface area contributed by atoms with E-state index in [1.54, 1.807) is 18.2 Å². The summed E-state index contributed by atoms with van der Waals surface area (Å²) in [6.45, 7) is 2.01. The van der Waals surface area contributed by atoms with Crippen LogP contribution in [-0.2, 0) is 0 Å². The molecule has 0 saturated carbocycles. The summed E-state index contributed by atoms with van der Waals surface area (Å²) in [6.07, 6.45) is 3.51. The number of halogens is 2. The number of aliphatic hydroxyl groups is 2. The van der Waals surface area contributed by atoms with Gasteiger partial charge in [-0.25, -0.2) is 0 Å². The van der Waals surface area contributed by atoms with Crippen molar-refractivity contribution < 1.29 is 14.9 Å². The average Bonchev–Trinajstić information content (AvgIpc) is 2.91. The van der Waals surface area contributed by atoms with Gasteiger partial charge in [-0.1, -0.05) is 23.2 Å². The highest BCUT2D eigenvalue weighted by Gasteiger charge is 2.25. The molecule has 1 aromatic carbocycles. The predicted octanol–water partition coefficient (Wildman–Crippen LogP) is 2.97. The number of aliphatic hydroxyl groups excluding tert-OH is 2. The summed E-state index contributed by atoms with van der Waals surface area (Å²) in [6, 6.07) is 5.49. The van der Waals surface area contributed by atoms with Crippen LogP contribution >= 0.6 is 23.2 Å². The predicted molar refractivity (Wildman–Crippen MR) is 88.9 cm³/mol. The number of hydrogen-bond donors (Lipinski definition) is 2. The first-order chi connectivity index (χ1) is 10.6. The van der Waals surface area contributed by atoms with Gasteiger partial charge in [0.05, 0.1) is 5.02 Å². The van der Waals surface area contributed by atoms with Crippen molar-refractivity contribution in [2.75, 3.05) is 26.3 Å². The molecule has 0 bridgehead atoms. The summed E-state index contributed by atoms with van der Waals surface area (Å²) in [5.74, 6) is 0.531. The van der Waals surface area contributed by atoms with Crippen molar-refractivity contribution in [1.29, 1.82) is 0 Å². The van der Waals surface area contributed by atoms with E-state index in [1.165, 1.54) is 0 Å². The molecule has 1 aliphatic heterocycles. The lowest BCUT2D eigenvalue weighted by Crippen LogP contribution is -2.38. The molecule has 1 aromatic rings. The Morgan fingerprint density at radius 1 is 1.36 bits per heavy atom. The van der Waals surface area contributed by atoms with Crippen LogP contribution in [0, 0.1) is 0 Å². The van der Waals surface area contributed by atoms with Gasteiger partial charge in [0, 0.05) is 24.2 Å². The van der Waals surface area contributed by atoms with Gasteiger partial charge in [0.1, 0.15) is 18.5 Å². The van der Waals surface area contributed by atoms with Crippen molar-refractivity contribution in [2.24, 2.45) is 0 Å². The van der Waals surface area contributed by atoms with Crippen LogP contribution in [0.1, 0.15) is 25.7 Å². The molecule has 1 fully saturated rings. The lowest BCUT2D eigenvalue weighted by Gasteiger charge is -2.26. The van der Waals surface area contributed by atoms with E-state index in [1.807, 2.05) is 0 Å². The molecular weight excluding hydrogens is 325 g/mol. The van der Waals surface area contributed by atoms with Crippen LogP contribution in [0.2, 0.25) is 10.0 Å². The SMILES string of the molecule is OCCCC1CCCN1CC(O)COc1ccc(Cl)cc1Cl.